The average Bonchev–Trinajstić information content (AvgIpc) is 3.47. The van der Waals surface area contributed by atoms with Gasteiger partial charge in [-0.25, -0.2) is 18.6 Å². The molecule has 2 aromatic heterocycles. The van der Waals surface area contributed by atoms with E-state index in [0.717, 1.165) is 32.1 Å². The van der Waals surface area contributed by atoms with Crippen LogP contribution < -0.4 is 0 Å². The first-order valence-corrected chi connectivity index (χ1v) is 12.3. The summed E-state index contributed by atoms with van der Waals surface area (Å²) in [5, 5.41) is 33.8. The largest absolute Gasteiger partial charge is 0.481 e. The van der Waals surface area contributed by atoms with E-state index in [9.17, 15) is 23.2 Å². The number of rotatable bonds is 13. The van der Waals surface area contributed by atoms with Gasteiger partial charge in [0.15, 0.2) is 5.60 Å². The summed E-state index contributed by atoms with van der Waals surface area (Å²) < 4.78 is 29.5. The Morgan fingerprint density at radius 3 is 2.26 bits per heavy atom. The summed E-state index contributed by atoms with van der Waals surface area (Å²) in [5.41, 5.74) is -2.34. The van der Waals surface area contributed by atoms with Crippen LogP contribution in [0.3, 0.4) is 0 Å². The highest BCUT2D eigenvalue weighted by Gasteiger charge is 2.40. The first kappa shape index (κ1) is 30.5. The predicted octanol–water partition coefficient (Wildman–Crippen LogP) is 3.38. The third-order valence-electron chi connectivity index (χ3n) is 5.31. The fourth-order valence-electron chi connectivity index (χ4n) is 3.52. The predicted molar refractivity (Wildman–Crippen MR) is 133 cm³/mol. The van der Waals surface area contributed by atoms with Crippen LogP contribution in [0.15, 0.2) is 49.1 Å². The van der Waals surface area contributed by atoms with Gasteiger partial charge in [0.1, 0.15) is 11.6 Å². The van der Waals surface area contributed by atoms with Crippen molar-refractivity contribution in [3.8, 4) is 0 Å². The average molecular weight is 554 g/mol. The summed E-state index contributed by atoms with van der Waals surface area (Å²) in [5.74, 6) is -5.78. The van der Waals surface area contributed by atoms with Gasteiger partial charge in [-0.2, -0.15) is 0 Å². The summed E-state index contributed by atoms with van der Waals surface area (Å²) in [4.78, 5) is 39.2. The van der Waals surface area contributed by atoms with Gasteiger partial charge in [-0.1, -0.05) is 0 Å². The van der Waals surface area contributed by atoms with Crippen molar-refractivity contribution in [3.63, 3.8) is 0 Å². The molecule has 0 aliphatic heterocycles. The lowest BCUT2D eigenvalue weighted by molar-refractivity contribution is -0.170. The number of halogens is 2. The van der Waals surface area contributed by atoms with Crippen LogP contribution in [-0.2, 0) is 34.0 Å². The first-order valence-electron chi connectivity index (χ1n) is 11.4. The SMILES string of the molecule is Cc1ccc(CN(CCCn2ccnc2)Cc2cc(F)ccc2F)s1.O=C(O)CC(O)(CC(=O)O)C(=O)O. The van der Waals surface area contributed by atoms with Gasteiger partial charge in [-0.3, -0.25) is 14.5 Å². The molecule has 0 aliphatic carbocycles. The molecule has 0 saturated heterocycles. The molecule has 0 atom stereocenters. The van der Waals surface area contributed by atoms with E-state index < -0.39 is 42.2 Å². The number of benzene rings is 1. The van der Waals surface area contributed by atoms with Crippen molar-refractivity contribution in [2.24, 2.45) is 0 Å². The molecule has 0 unspecified atom stereocenters. The number of aliphatic carboxylic acids is 3. The molecule has 206 valence electrons. The number of hydrogen-bond acceptors (Lipinski definition) is 7. The number of hydrogen-bond donors (Lipinski definition) is 4. The molecule has 0 amide bonds. The normalized spacial score (nSPS) is 11.2. The number of carboxylic acids is 3. The van der Waals surface area contributed by atoms with E-state index in [2.05, 4.69) is 28.9 Å². The Kier molecular flexibility index (Phi) is 11.5. The Bertz CT molecular complexity index is 1200. The molecule has 10 nitrogen and oxygen atoms in total. The standard InChI is InChI=1S/C19H21F2N3S.C6H8O7/c1-15-3-5-18(25-15)13-24(9-2-8-23-10-7-22-14-23)12-16-11-17(20)4-6-19(16)21;7-3(8)1-6(13,5(11)12)2-4(9)10/h3-7,10-11,14H,2,8-9,12-13H2,1H3;13H,1-2H2,(H,7,8)(H,9,10)(H,11,12). The van der Waals surface area contributed by atoms with Gasteiger partial charge in [0.05, 0.1) is 19.2 Å². The number of aryl methyl sites for hydroxylation is 2. The van der Waals surface area contributed by atoms with Gasteiger partial charge in [0.2, 0.25) is 0 Å². The Labute approximate surface area is 221 Å². The van der Waals surface area contributed by atoms with Crippen molar-refractivity contribution in [2.45, 2.75) is 51.4 Å². The van der Waals surface area contributed by atoms with E-state index in [-0.39, 0.29) is 5.82 Å². The van der Waals surface area contributed by atoms with Crippen LogP contribution in [-0.4, -0.2) is 64.9 Å². The molecule has 0 aliphatic rings. The molecular formula is C25H29F2N3O7S. The van der Waals surface area contributed by atoms with Gasteiger partial charge >= 0.3 is 17.9 Å². The molecule has 0 radical (unpaired) electrons. The van der Waals surface area contributed by atoms with E-state index in [4.69, 9.17) is 20.4 Å². The zero-order chi connectivity index (χ0) is 28.3. The maximum absolute atomic E-state index is 14.0. The van der Waals surface area contributed by atoms with E-state index >= 15 is 0 Å². The number of imidazole rings is 1. The van der Waals surface area contributed by atoms with E-state index in [0.29, 0.717) is 12.1 Å². The zero-order valence-electron chi connectivity index (χ0n) is 20.6. The molecule has 0 saturated carbocycles. The number of carboxylic acid groups (broad SMARTS) is 3. The molecular weight excluding hydrogens is 524 g/mol. The smallest absolute Gasteiger partial charge is 0.336 e. The lowest BCUT2D eigenvalue weighted by atomic mass is 9.96. The molecule has 3 rings (SSSR count). The summed E-state index contributed by atoms with van der Waals surface area (Å²) in [6.45, 7) is 4.85. The van der Waals surface area contributed by atoms with Crippen molar-refractivity contribution in [1.29, 1.82) is 0 Å². The van der Waals surface area contributed by atoms with E-state index in [1.165, 1.54) is 21.9 Å². The lowest BCUT2D eigenvalue weighted by Crippen LogP contribution is -2.42. The summed E-state index contributed by atoms with van der Waals surface area (Å²) in [6.07, 6.45) is 4.10. The second-order valence-electron chi connectivity index (χ2n) is 8.59. The fraction of sp³-hybridized carbons (Fsp3) is 0.360. The van der Waals surface area contributed by atoms with Gasteiger partial charge < -0.3 is 25.0 Å². The van der Waals surface area contributed by atoms with Crippen LogP contribution in [0.1, 0.15) is 34.6 Å². The van der Waals surface area contributed by atoms with Crippen LogP contribution >= 0.6 is 11.3 Å². The molecule has 3 aromatic rings. The number of aliphatic hydroxyl groups is 1. The molecule has 13 heteroatoms. The van der Waals surface area contributed by atoms with Crippen molar-refractivity contribution in [2.75, 3.05) is 6.54 Å². The fourth-order valence-corrected chi connectivity index (χ4v) is 4.45. The topological polar surface area (TPSA) is 153 Å². The highest BCUT2D eigenvalue weighted by Crippen LogP contribution is 2.20. The second-order valence-corrected chi connectivity index (χ2v) is 9.96. The lowest BCUT2D eigenvalue weighted by Gasteiger charge is -2.22. The highest BCUT2D eigenvalue weighted by atomic mass is 32.1. The Morgan fingerprint density at radius 1 is 1.05 bits per heavy atom. The molecule has 0 spiro atoms. The Balaban J connectivity index is 0.000000332. The van der Waals surface area contributed by atoms with Crippen molar-refractivity contribution in [1.82, 2.24) is 14.5 Å². The van der Waals surface area contributed by atoms with Gasteiger partial charge in [0, 0.05) is 53.9 Å². The summed E-state index contributed by atoms with van der Waals surface area (Å²) in [6, 6.07) is 7.84. The Hall–Kier alpha value is -3.68. The molecule has 0 fully saturated rings. The molecule has 0 bridgehead atoms. The summed E-state index contributed by atoms with van der Waals surface area (Å²) in [7, 11) is 0. The second kappa shape index (κ2) is 14.3. The van der Waals surface area contributed by atoms with Crippen LogP contribution in [0.5, 0.6) is 0 Å². The minimum Gasteiger partial charge on any atom is -0.481 e. The minimum atomic E-state index is -2.74. The molecule has 2 heterocycles. The number of carbonyl (C=O) groups is 3. The maximum atomic E-state index is 14.0. The van der Waals surface area contributed by atoms with Crippen molar-refractivity contribution in [3.05, 3.63) is 76.0 Å². The third-order valence-corrected chi connectivity index (χ3v) is 6.30. The third kappa shape index (κ3) is 10.4. The zero-order valence-corrected chi connectivity index (χ0v) is 21.4. The van der Waals surface area contributed by atoms with Crippen molar-refractivity contribution < 1.29 is 43.6 Å². The van der Waals surface area contributed by atoms with Gasteiger partial charge in [-0.15, -0.1) is 11.3 Å². The number of nitrogens with zero attached hydrogens (tertiary/aromatic N) is 3. The number of aromatic nitrogens is 2. The van der Waals surface area contributed by atoms with Crippen molar-refractivity contribution >= 4 is 29.2 Å². The monoisotopic (exact) mass is 553 g/mol. The molecule has 4 N–H and O–H groups in total. The quantitative estimate of drug-likeness (QED) is 0.249. The van der Waals surface area contributed by atoms with E-state index in [1.807, 2.05) is 10.8 Å². The summed E-state index contributed by atoms with van der Waals surface area (Å²) >= 11 is 1.74. The molecule has 1 aromatic carbocycles. The number of thiophene rings is 1. The van der Waals surface area contributed by atoms with Gasteiger partial charge in [0.25, 0.3) is 0 Å². The molecule has 38 heavy (non-hydrogen) atoms. The van der Waals surface area contributed by atoms with Gasteiger partial charge in [-0.05, 0) is 43.7 Å². The van der Waals surface area contributed by atoms with Crippen LogP contribution in [0.4, 0.5) is 8.78 Å². The van der Waals surface area contributed by atoms with Crippen LogP contribution in [0, 0.1) is 18.6 Å². The maximum Gasteiger partial charge on any atom is 0.336 e. The first-order chi connectivity index (χ1) is 17.9. The van der Waals surface area contributed by atoms with E-state index in [1.54, 1.807) is 23.9 Å². The van der Waals surface area contributed by atoms with Crippen LogP contribution in [0.2, 0.25) is 0 Å². The van der Waals surface area contributed by atoms with Crippen LogP contribution in [0.25, 0.3) is 0 Å². The minimum absolute atomic E-state index is 0.358. The Morgan fingerprint density at radius 2 is 1.74 bits per heavy atom. The highest BCUT2D eigenvalue weighted by molar-refractivity contribution is 7.11.